The summed E-state index contributed by atoms with van der Waals surface area (Å²) in [6.07, 6.45) is 0.626. The number of carboxylic acids is 1. The van der Waals surface area contributed by atoms with Crippen molar-refractivity contribution < 1.29 is 52.5 Å². The number of nitrogens with zero attached hydrogens (tertiary/aromatic N) is 6. The number of ether oxygens (including phenoxy) is 2. The van der Waals surface area contributed by atoms with Gasteiger partial charge < -0.3 is 44.2 Å². The van der Waals surface area contributed by atoms with Crippen molar-refractivity contribution in [2.45, 2.75) is 126 Å². The molecular weight excluding hydrogens is 927 g/mol. The van der Waals surface area contributed by atoms with Gasteiger partial charge in [-0.05, 0) is 88.1 Å². The maximum Gasteiger partial charge on any atom is 0.302 e. The van der Waals surface area contributed by atoms with Gasteiger partial charge in [0.25, 0.3) is 23.9 Å². The number of aliphatic carboxylic acids is 1. The van der Waals surface area contributed by atoms with Gasteiger partial charge in [0.2, 0.25) is 5.91 Å². The molecular formula is C47H81N7O13Si2. The molecule has 2 rings (SSSR count). The summed E-state index contributed by atoms with van der Waals surface area (Å²) in [5.41, 5.74) is 1.39. The van der Waals surface area contributed by atoms with Crippen molar-refractivity contribution in [1.29, 1.82) is 5.26 Å². The smallest absolute Gasteiger partial charge is 0.302 e. The van der Waals surface area contributed by atoms with Gasteiger partial charge in [-0.15, -0.1) is 0 Å². The lowest BCUT2D eigenvalue weighted by atomic mass is 9.97. The lowest BCUT2D eigenvalue weighted by molar-refractivity contribution is -0.385. The van der Waals surface area contributed by atoms with Crippen molar-refractivity contribution in [2.24, 2.45) is 5.92 Å². The summed E-state index contributed by atoms with van der Waals surface area (Å²) in [4.78, 5) is 71.4. The average Bonchev–Trinajstić information content (AvgIpc) is 3.22. The lowest BCUT2D eigenvalue weighted by Crippen LogP contribution is -2.44. The molecule has 2 aromatic carbocycles. The van der Waals surface area contributed by atoms with Crippen LogP contribution in [0.3, 0.4) is 0 Å². The highest BCUT2D eigenvalue weighted by Crippen LogP contribution is 2.37. The van der Waals surface area contributed by atoms with Crippen LogP contribution in [0.15, 0.2) is 24.3 Å². The summed E-state index contributed by atoms with van der Waals surface area (Å²) in [5, 5.41) is 39.3. The number of hydrogen-bond acceptors (Lipinski definition) is 14. The van der Waals surface area contributed by atoms with Crippen molar-refractivity contribution in [3.8, 4) is 17.6 Å². The second kappa shape index (κ2) is 32.1. The number of amides is 2. The quantitative estimate of drug-likeness (QED) is 0.0435. The van der Waals surface area contributed by atoms with Gasteiger partial charge in [0.15, 0.2) is 16.6 Å². The Labute approximate surface area is 412 Å². The van der Waals surface area contributed by atoms with E-state index in [2.05, 4.69) is 78.6 Å². The van der Waals surface area contributed by atoms with Crippen LogP contribution in [0, 0.1) is 57.9 Å². The van der Waals surface area contributed by atoms with Gasteiger partial charge in [-0.2, -0.15) is 5.26 Å². The number of nitriles is 1. The number of carboxylic acid groups (broad SMARTS) is 1. The Hall–Kier alpha value is -5.79. The first-order chi connectivity index (χ1) is 30.8. The summed E-state index contributed by atoms with van der Waals surface area (Å²) in [7, 11) is -0.828. The summed E-state index contributed by atoms with van der Waals surface area (Å²) in [6.45, 7) is 39.5. The van der Waals surface area contributed by atoms with E-state index >= 15 is 0 Å². The minimum absolute atomic E-state index is 0. The third-order valence-electron chi connectivity index (χ3n) is 11.5. The molecule has 0 saturated heterocycles. The second-order valence-electron chi connectivity index (χ2n) is 18.3. The third-order valence-corrected chi connectivity index (χ3v) is 20.6. The molecule has 1 atom stereocenters. The van der Waals surface area contributed by atoms with Crippen LogP contribution >= 0.6 is 0 Å². The maximum absolute atomic E-state index is 13.0. The van der Waals surface area contributed by atoms with E-state index in [1.165, 1.54) is 32.4 Å². The molecule has 0 bridgehead atoms. The van der Waals surface area contributed by atoms with E-state index in [9.17, 15) is 39.9 Å². The zero-order valence-electron chi connectivity index (χ0n) is 43.4. The van der Waals surface area contributed by atoms with Crippen LogP contribution in [0.1, 0.15) is 96.8 Å². The van der Waals surface area contributed by atoms with Crippen LogP contribution in [-0.2, 0) is 29.7 Å². The molecule has 0 aliphatic carbocycles. The van der Waals surface area contributed by atoms with Gasteiger partial charge >= 0.3 is 5.91 Å². The van der Waals surface area contributed by atoms with Crippen molar-refractivity contribution >= 4 is 52.1 Å². The summed E-state index contributed by atoms with van der Waals surface area (Å²) >= 11 is 0. The third kappa shape index (κ3) is 23.9. The fraction of sp³-hybridized carbons (Fsp3) is 0.617. The van der Waals surface area contributed by atoms with Crippen molar-refractivity contribution in [1.82, 2.24) is 16.0 Å². The van der Waals surface area contributed by atoms with Crippen LogP contribution in [0.5, 0.6) is 11.5 Å². The van der Waals surface area contributed by atoms with E-state index in [-0.39, 0.29) is 65.4 Å². The largest absolute Gasteiger partial charge is 0.496 e. The van der Waals surface area contributed by atoms with Crippen LogP contribution in [0.4, 0.5) is 11.4 Å². The number of rotatable bonds is 19. The fourth-order valence-electron chi connectivity index (χ4n) is 5.36. The Morgan fingerprint density at radius 3 is 1.57 bits per heavy atom. The molecule has 2 amide bonds. The molecule has 390 valence electrons. The van der Waals surface area contributed by atoms with E-state index in [0.717, 1.165) is 6.92 Å². The predicted molar refractivity (Wildman–Crippen MR) is 274 cm³/mol. The zero-order chi connectivity index (χ0) is 52.7. The maximum atomic E-state index is 13.0. The Balaban J connectivity index is -0.000000471. The molecule has 0 aliphatic rings. The van der Waals surface area contributed by atoms with E-state index < -0.39 is 38.4 Å². The lowest BCUT2D eigenvalue weighted by Gasteiger charge is -2.37. The van der Waals surface area contributed by atoms with E-state index in [1.807, 2.05) is 13.8 Å². The minimum atomic E-state index is -1.93. The molecule has 1 unspecified atom stereocenters. The Bertz CT molecular complexity index is 2070. The van der Waals surface area contributed by atoms with Crippen LogP contribution in [0.25, 0.3) is 4.85 Å². The number of aldehydes is 1. The number of benzene rings is 2. The van der Waals surface area contributed by atoms with Crippen molar-refractivity contribution in [2.75, 3.05) is 60.2 Å². The molecule has 0 saturated carbocycles. The highest BCUT2D eigenvalue weighted by molar-refractivity contribution is 6.74. The number of carbonyl (C=O) groups excluding carboxylic acids is 3. The first-order valence-electron chi connectivity index (χ1n) is 21.6. The average molecular weight is 1010 g/mol. The van der Waals surface area contributed by atoms with Gasteiger partial charge in [-0.3, -0.25) is 39.4 Å². The standard InChI is InChI=1S/C22H35N3O5Si.C13H26N2O2Si.C9H9NO4.C2H4O2.CH4.H3N/c1-9-24(10-11-30-31(7,8)22(3,4)5)21(26)18(15-23)12-17-13-19(25(27)28)16(2)20(14-17)29-6;1-8-15(12(16)11-14-5)9-10-17-18(6,7)13(2,3)4;1-6-8(10(12)13)3-7(5-11)4-9(6)14-2;1-2(3)4;;/h13-14,18H,9-12H2,1-8H3;8-11H2,1-4,6-7H3;3-5H,1-2H3;1H3,(H,3,4);1H4;1H3. The van der Waals surface area contributed by atoms with E-state index in [1.54, 1.807) is 29.7 Å². The molecule has 2 aromatic rings. The molecule has 0 aromatic heterocycles. The molecule has 0 aliphatic heterocycles. The molecule has 0 spiro atoms. The van der Waals surface area contributed by atoms with E-state index in [4.69, 9.17) is 34.8 Å². The van der Waals surface area contributed by atoms with Gasteiger partial charge in [0.05, 0.1) is 54.5 Å². The fourth-order valence-corrected chi connectivity index (χ4v) is 7.43. The molecule has 69 heavy (non-hydrogen) atoms. The Kier molecular flexibility index (Phi) is 32.5. The van der Waals surface area contributed by atoms with E-state index in [0.29, 0.717) is 73.9 Å². The van der Waals surface area contributed by atoms with Crippen LogP contribution < -0.4 is 15.6 Å². The molecule has 4 N–H and O–H groups in total. The normalized spacial score (nSPS) is 11.2. The molecule has 20 nitrogen and oxygen atoms in total. The van der Waals surface area contributed by atoms with Gasteiger partial charge in [0.1, 0.15) is 23.7 Å². The van der Waals surface area contributed by atoms with Gasteiger partial charge in [-0.1, -0.05) is 49.0 Å². The number of carbonyl (C=O) groups is 4. The SMILES string of the molecule is C.CC(=O)O.CCN(CCO[Si](C)(C)C(C)(C)C)C(=O)C(C#N)Cc1cc(OC)c(C)c([N+](=O)[O-])c1.COc1cc(C=O)cc([N+](=O)[O-])c1C.N.[C-]#[N+]CC(=O)N(CC)CCO[Si](C)(C)C(C)(C)C. The first-order valence-corrected chi connectivity index (χ1v) is 27.5. The Morgan fingerprint density at radius 2 is 1.23 bits per heavy atom. The number of hydrogen-bond donors (Lipinski definition) is 2. The first kappa shape index (κ1) is 69.8. The highest BCUT2D eigenvalue weighted by Gasteiger charge is 2.38. The van der Waals surface area contributed by atoms with Crippen LogP contribution in [-0.4, -0.2) is 126 Å². The summed E-state index contributed by atoms with van der Waals surface area (Å²) in [5.74, 6) is -1.47. The molecule has 0 radical (unpaired) electrons. The Morgan fingerprint density at radius 1 is 0.841 bits per heavy atom. The summed E-state index contributed by atoms with van der Waals surface area (Å²) in [6, 6.07) is 7.82. The molecule has 22 heteroatoms. The van der Waals surface area contributed by atoms with Crippen molar-refractivity contribution in [3.63, 3.8) is 0 Å². The number of nitro groups is 2. The highest BCUT2D eigenvalue weighted by atomic mass is 28.4. The minimum Gasteiger partial charge on any atom is -0.496 e. The van der Waals surface area contributed by atoms with Gasteiger partial charge in [-0.25, -0.2) is 6.57 Å². The van der Waals surface area contributed by atoms with Crippen LogP contribution in [0.2, 0.25) is 36.3 Å². The topological polar surface area (TPSA) is 281 Å². The van der Waals surface area contributed by atoms with Crippen molar-refractivity contribution in [3.05, 3.63) is 78.2 Å². The number of nitro benzene ring substituents is 2. The number of likely N-dealkylation sites (N-methyl/N-ethyl adjacent to an activating group) is 2. The number of methoxy groups -OCH3 is 2. The summed E-state index contributed by atoms with van der Waals surface area (Å²) < 4.78 is 22.3. The zero-order valence-corrected chi connectivity index (χ0v) is 45.4. The molecule has 0 fully saturated rings. The monoisotopic (exact) mass is 1010 g/mol. The second-order valence-corrected chi connectivity index (χ2v) is 27.9. The molecule has 0 heterocycles. The van der Waals surface area contributed by atoms with Gasteiger partial charge in [0, 0.05) is 50.8 Å². The predicted octanol–water partition coefficient (Wildman–Crippen LogP) is 9.85.